The summed E-state index contributed by atoms with van der Waals surface area (Å²) in [4.78, 5) is 14.4. The van der Waals surface area contributed by atoms with Crippen LogP contribution in [0.3, 0.4) is 0 Å². The van der Waals surface area contributed by atoms with E-state index in [1.165, 1.54) is 4.31 Å². The molecule has 2 heterocycles. The number of hydrogen-bond donors (Lipinski definition) is 0. The maximum atomic E-state index is 14.2. The molecule has 6 rings (SSSR count). The second-order valence-corrected chi connectivity index (χ2v) is 15.2. The Bertz CT molecular complexity index is 1910. The van der Waals surface area contributed by atoms with Crippen molar-refractivity contribution in [3.63, 3.8) is 0 Å². The standard InChI is InChI=1S/C35H34BrN3O5S/c1-35(2,3)44-34(40)38-16-14-29(15-17-38)43-30-10-13-32-27(20-30)21-33(39(32)45(41,42)31-11-8-28(36)9-12-31)25-7-6-24-5-4-23(22-37)18-26(24)19-25/h4-13,18-20,29,33H,14-17,21H2,1-3H3. The number of nitriles is 1. The van der Waals surface area contributed by atoms with Crippen molar-refractivity contribution in [3.8, 4) is 11.8 Å². The molecule has 0 radical (unpaired) electrons. The minimum atomic E-state index is -3.93. The van der Waals surface area contributed by atoms with Crippen LogP contribution in [0.25, 0.3) is 10.8 Å². The van der Waals surface area contributed by atoms with Gasteiger partial charge in [0.05, 0.1) is 28.3 Å². The lowest BCUT2D eigenvalue weighted by atomic mass is 9.98. The molecule has 10 heteroatoms. The molecule has 4 aromatic rings. The lowest BCUT2D eigenvalue weighted by molar-refractivity contribution is 0.0126. The average Bonchev–Trinajstić information content (AvgIpc) is 3.40. The van der Waals surface area contributed by atoms with E-state index in [9.17, 15) is 18.5 Å². The molecule has 1 fully saturated rings. The highest BCUT2D eigenvalue weighted by atomic mass is 79.9. The number of carbonyl (C=O) groups excluding carboxylic acids is 1. The van der Waals surface area contributed by atoms with E-state index in [2.05, 4.69) is 22.0 Å². The minimum absolute atomic E-state index is 0.0728. The fourth-order valence-electron chi connectivity index (χ4n) is 5.96. The highest BCUT2D eigenvalue weighted by molar-refractivity contribution is 9.10. The van der Waals surface area contributed by atoms with E-state index in [4.69, 9.17) is 9.47 Å². The predicted octanol–water partition coefficient (Wildman–Crippen LogP) is 7.74. The van der Waals surface area contributed by atoms with Crippen LogP contribution >= 0.6 is 15.9 Å². The number of sulfonamides is 1. The van der Waals surface area contributed by atoms with Crippen LogP contribution in [0.15, 0.2) is 88.2 Å². The Morgan fingerprint density at radius 1 is 0.933 bits per heavy atom. The van der Waals surface area contributed by atoms with Crippen molar-refractivity contribution in [1.82, 2.24) is 4.90 Å². The highest BCUT2D eigenvalue weighted by Crippen LogP contribution is 2.46. The van der Waals surface area contributed by atoms with E-state index in [1.54, 1.807) is 35.2 Å². The monoisotopic (exact) mass is 687 g/mol. The first kappa shape index (κ1) is 30.9. The zero-order chi connectivity index (χ0) is 31.9. The molecule has 1 atom stereocenters. The Morgan fingerprint density at radius 2 is 1.64 bits per heavy atom. The van der Waals surface area contributed by atoms with Gasteiger partial charge in [-0.3, -0.25) is 4.31 Å². The summed E-state index contributed by atoms with van der Waals surface area (Å²) in [6.07, 6.45) is 1.42. The number of nitrogens with zero attached hydrogens (tertiary/aromatic N) is 3. The fraction of sp³-hybridized carbons (Fsp3) is 0.314. The van der Waals surface area contributed by atoms with Gasteiger partial charge in [-0.25, -0.2) is 13.2 Å². The number of hydrogen-bond acceptors (Lipinski definition) is 6. The maximum Gasteiger partial charge on any atom is 0.410 e. The molecule has 2 aliphatic heterocycles. The smallest absolute Gasteiger partial charge is 0.410 e. The molecular formula is C35H34BrN3O5S. The summed E-state index contributed by atoms with van der Waals surface area (Å²) in [5, 5.41) is 11.3. The third-order valence-corrected chi connectivity index (χ3v) is 10.5. The number of benzene rings is 4. The molecule has 8 nitrogen and oxygen atoms in total. The maximum absolute atomic E-state index is 14.2. The lowest BCUT2D eigenvalue weighted by Crippen LogP contribution is -2.44. The number of halogens is 1. The van der Waals surface area contributed by atoms with Gasteiger partial charge in [0, 0.05) is 36.8 Å². The van der Waals surface area contributed by atoms with E-state index in [-0.39, 0.29) is 17.1 Å². The van der Waals surface area contributed by atoms with Crippen LogP contribution in [-0.4, -0.2) is 44.2 Å². The van der Waals surface area contributed by atoms with Gasteiger partial charge < -0.3 is 14.4 Å². The van der Waals surface area contributed by atoms with Gasteiger partial charge in [0.15, 0.2) is 0 Å². The van der Waals surface area contributed by atoms with Crippen LogP contribution in [0, 0.1) is 11.3 Å². The summed E-state index contributed by atoms with van der Waals surface area (Å²) < 4.78 is 42.6. The summed E-state index contributed by atoms with van der Waals surface area (Å²) in [6, 6.07) is 25.4. The normalized spacial score (nSPS) is 17.2. The Morgan fingerprint density at radius 3 is 2.33 bits per heavy atom. The van der Waals surface area contributed by atoms with Crippen LogP contribution in [0.5, 0.6) is 5.75 Å². The second-order valence-electron chi connectivity index (χ2n) is 12.5. The average molecular weight is 689 g/mol. The molecule has 0 saturated carbocycles. The van der Waals surface area contributed by atoms with Crippen LogP contribution in [0.1, 0.15) is 56.3 Å². The Hall–Kier alpha value is -4.07. The molecule has 1 amide bonds. The molecule has 232 valence electrons. The molecule has 1 saturated heterocycles. The van der Waals surface area contributed by atoms with E-state index in [0.29, 0.717) is 49.4 Å². The molecule has 0 aromatic heterocycles. The summed E-state index contributed by atoms with van der Waals surface area (Å²) in [6.45, 7) is 6.65. The van der Waals surface area contributed by atoms with Crippen LogP contribution in [0.2, 0.25) is 0 Å². The van der Waals surface area contributed by atoms with Gasteiger partial charge in [-0.05, 0) is 103 Å². The van der Waals surface area contributed by atoms with Gasteiger partial charge in [-0.15, -0.1) is 0 Å². The van der Waals surface area contributed by atoms with Gasteiger partial charge in [0.25, 0.3) is 10.0 Å². The van der Waals surface area contributed by atoms with Crippen LogP contribution in [0.4, 0.5) is 10.5 Å². The summed E-state index contributed by atoms with van der Waals surface area (Å²) in [5.74, 6) is 0.670. The topological polar surface area (TPSA) is 99.9 Å². The number of ether oxygens (including phenoxy) is 2. The van der Waals surface area contributed by atoms with Gasteiger partial charge >= 0.3 is 6.09 Å². The Labute approximate surface area is 272 Å². The van der Waals surface area contributed by atoms with Crippen molar-refractivity contribution in [3.05, 3.63) is 100 Å². The third-order valence-electron chi connectivity index (χ3n) is 8.13. The van der Waals surface area contributed by atoms with Crippen LogP contribution in [-0.2, 0) is 21.2 Å². The second kappa shape index (κ2) is 12.0. The summed E-state index contributed by atoms with van der Waals surface area (Å²) >= 11 is 3.40. The molecule has 1 unspecified atom stereocenters. The number of anilines is 1. The summed E-state index contributed by atoms with van der Waals surface area (Å²) in [7, 11) is -3.93. The largest absolute Gasteiger partial charge is 0.490 e. The minimum Gasteiger partial charge on any atom is -0.490 e. The van der Waals surface area contributed by atoms with Crippen molar-refractivity contribution in [2.75, 3.05) is 17.4 Å². The lowest BCUT2D eigenvalue weighted by Gasteiger charge is -2.33. The van der Waals surface area contributed by atoms with Crippen molar-refractivity contribution in [2.45, 2.75) is 62.7 Å². The third kappa shape index (κ3) is 6.51. The molecule has 0 N–H and O–H groups in total. The molecule has 45 heavy (non-hydrogen) atoms. The number of amides is 1. The molecule has 2 aliphatic rings. The zero-order valence-corrected chi connectivity index (χ0v) is 27.8. The van der Waals surface area contributed by atoms with Gasteiger partial charge in [-0.1, -0.05) is 34.1 Å². The zero-order valence-electron chi connectivity index (χ0n) is 25.4. The first-order valence-electron chi connectivity index (χ1n) is 14.9. The first-order valence-corrected chi connectivity index (χ1v) is 17.2. The molecule has 0 aliphatic carbocycles. The van der Waals surface area contributed by atoms with E-state index in [1.807, 2.05) is 69.3 Å². The number of rotatable bonds is 5. The van der Waals surface area contributed by atoms with Gasteiger partial charge in [0.2, 0.25) is 0 Å². The molecular weight excluding hydrogens is 654 g/mol. The Balaban J connectivity index is 1.29. The Kier molecular flexibility index (Phi) is 8.27. The van der Waals surface area contributed by atoms with Crippen LogP contribution < -0.4 is 9.04 Å². The SMILES string of the molecule is CC(C)(C)OC(=O)N1CCC(Oc2ccc3c(c2)CC(c2ccc4ccc(C#N)cc4c2)N3S(=O)(=O)c2ccc(Br)cc2)CC1. The van der Waals surface area contributed by atoms with Crippen molar-refractivity contribution in [2.24, 2.45) is 0 Å². The van der Waals surface area contributed by atoms with Crippen molar-refractivity contribution < 1.29 is 22.7 Å². The first-order chi connectivity index (χ1) is 21.4. The van der Waals surface area contributed by atoms with E-state index in [0.717, 1.165) is 26.4 Å². The molecule has 0 bridgehead atoms. The quantitative estimate of drug-likeness (QED) is 0.213. The number of likely N-dealkylation sites (tertiary alicyclic amines) is 1. The number of piperidine rings is 1. The van der Waals surface area contributed by atoms with Gasteiger partial charge in [0.1, 0.15) is 17.5 Å². The number of carbonyl (C=O) groups is 1. The molecule has 4 aromatic carbocycles. The van der Waals surface area contributed by atoms with E-state index >= 15 is 0 Å². The number of fused-ring (bicyclic) bond motifs is 2. The highest BCUT2D eigenvalue weighted by Gasteiger charge is 2.40. The predicted molar refractivity (Wildman–Crippen MR) is 177 cm³/mol. The van der Waals surface area contributed by atoms with Crippen molar-refractivity contribution >= 4 is 48.5 Å². The molecule has 0 spiro atoms. The van der Waals surface area contributed by atoms with Gasteiger partial charge in [-0.2, -0.15) is 5.26 Å². The van der Waals surface area contributed by atoms with E-state index < -0.39 is 21.7 Å². The summed E-state index contributed by atoms with van der Waals surface area (Å²) in [5.41, 5.74) is 2.33. The van der Waals surface area contributed by atoms with Crippen molar-refractivity contribution in [1.29, 1.82) is 5.26 Å². The fourth-order valence-corrected chi connectivity index (χ4v) is 7.90.